The maximum atomic E-state index is 12.7. The average Bonchev–Trinajstić information content (AvgIpc) is 2.46. The molecule has 108 valence electrons. The molecule has 0 aromatic heterocycles. The van der Waals surface area contributed by atoms with E-state index in [1.54, 1.807) is 0 Å². The number of hydrogen-bond acceptors (Lipinski definition) is 2. The summed E-state index contributed by atoms with van der Waals surface area (Å²) < 4.78 is 0. The second-order valence-corrected chi connectivity index (χ2v) is 5.84. The lowest BCUT2D eigenvalue weighted by atomic mass is 9.78. The van der Waals surface area contributed by atoms with Crippen LogP contribution in [0.1, 0.15) is 65.7 Å². The number of rotatable bonds is 6. The first-order valence-electron chi connectivity index (χ1n) is 7.84. The third-order valence-corrected chi connectivity index (χ3v) is 4.46. The molecule has 1 saturated heterocycles. The minimum absolute atomic E-state index is 0.0910. The SMILES string of the molecule is CCCC(C#N)(CCC)C(=O)N1CCC(CC)CC1. The van der Waals surface area contributed by atoms with E-state index in [0.717, 1.165) is 44.7 Å². The molecule has 3 heteroatoms. The molecule has 0 radical (unpaired) electrons. The van der Waals surface area contributed by atoms with Crippen molar-refractivity contribution in [3.63, 3.8) is 0 Å². The Morgan fingerprint density at radius 2 is 1.74 bits per heavy atom. The van der Waals surface area contributed by atoms with E-state index in [-0.39, 0.29) is 5.91 Å². The van der Waals surface area contributed by atoms with Gasteiger partial charge >= 0.3 is 0 Å². The number of carbonyl (C=O) groups is 1. The van der Waals surface area contributed by atoms with Gasteiger partial charge in [-0.25, -0.2) is 0 Å². The van der Waals surface area contributed by atoms with E-state index in [0.29, 0.717) is 12.8 Å². The van der Waals surface area contributed by atoms with E-state index >= 15 is 0 Å². The van der Waals surface area contributed by atoms with Gasteiger partial charge in [0, 0.05) is 13.1 Å². The fourth-order valence-electron chi connectivity index (χ4n) is 3.20. The van der Waals surface area contributed by atoms with Gasteiger partial charge < -0.3 is 4.90 Å². The van der Waals surface area contributed by atoms with Crippen molar-refractivity contribution >= 4 is 5.91 Å². The van der Waals surface area contributed by atoms with Crippen LogP contribution in [0.15, 0.2) is 0 Å². The lowest BCUT2D eigenvalue weighted by Crippen LogP contribution is -2.46. The van der Waals surface area contributed by atoms with Crippen LogP contribution in [-0.2, 0) is 4.79 Å². The van der Waals surface area contributed by atoms with Crippen LogP contribution < -0.4 is 0 Å². The molecule has 19 heavy (non-hydrogen) atoms. The van der Waals surface area contributed by atoms with Gasteiger partial charge in [0.15, 0.2) is 0 Å². The van der Waals surface area contributed by atoms with Crippen LogP contribution in [0.3, 0.4) is 0 Å². The number of piperidine rings is 1. The van der Waals surface area contributed by atoms with Crippen molar-refractivity contribution in [2.24, 2.45) is 11.3 Å². The number of carbonyl (C=O) groups excluding carboxylic acids is 1. The molecule has 1 amide bonds. The van der Waals surface area contributed by atoms with Crippen LogP contribution in [-0.4, -0.2) is 23.9 Å². The minimum Gasteiger partial charge on any atom is -0.341 e. The Kier molecular flexibility index (Phi) is 6.34. The first kappa shape index (κ1) is 16.0. The van der Waals surface area contributed by atoms with Gasteiger partial charge in [0.05, 0.1) is 6.07 Å². The molecule has 1 rings (SSSR count). The zero-order chi connectivity index (χ0) is 14.3. The largest absolute Gasteiger partial charge is 0.341 e. The normalized spacial score (nSPS) is 17.3. The average molecular weight is 264 g/mol. The minimum atomic E-state index is -0.761. The van der Waals surface area contributed by atoms with Crippen molar-refractivity contribution in [3.8, 4) is 6.07 Å². The first-order chi connectivity index (χ1) is 9.13. The molecule has 0 unspecified atom stereocenters. The van der Waals surface area contributed by atoms with Gasteiger partial charge in [0.1, 0.15) is 5.41 Å². The lowest BCUT2D eigenvalue weighted by Gasteiger charge is -2.37. The Labute approximate surface area is 118 Å². The van der Waals surface area contributed by atoms with E-state index < -0.39 is 5.41 Å². The van der Waals surface area contributed by atoms with Gasteiger partial charge in [0.2, 0.25) is 5.91 Å². The molecule has 1 aliphatic heterocycles. The van der Waals surface area contributed by atoms with Crippen molar-refractivity contribution in [2.45, 2.75) is 65.7 Å². The standard InChI is InChI=1S/C16H28N2O/c1-4-9-16(13-17,10-5-2)15(19)18-11-7-14(6-3)8-12-18/h14H,4-12H2,1-3H3. The van der Waals surface area contributed by atoms with E-state index in [1.807, 2.05) is 4.90 Å². The Hall–Kier alpha value is -1.04. The molecule has 0 bridgehead atoms. The van der Waals surface area contributed by atoms with Crippen LogP contribution in [0.2, 0.25) is 0 Å². The van der Waals surface area contributed by atoms with Crippen molar-refractivity contribution in [1.82, 2.24) is 4.90 Å². The molecule has 0 aromatic carbocycles. The fourth-order valence-corrected chi connectivity index (χ4v) is 3.20. The van der Waals surface area contributed by atoms with E-state index in [2.05, 4.69) is 26.8 Å². The quantitative estimate of drug-likeness (QED) is 0.733. The maximum absolute atomic E-state index is 12.7. The zero-order valence-electron chi connectivity index (χ0n) is 12.7. The van der Waals surface area contributed by atoms with Gasteiger partial charge in [-0.15, -0.1) is 0 Å². The molecular formula is C16H28N2O. The summed E-state index contributed by atoms with van der Waals surface area (Å²) >= 11 is 0. The number of likely N-dealkylation sites (tertiary alicyclic amines) is 1. The fraction of sp³-hybridized carbons (Fsp3) is 0.875. The van der Waals surface area contributed by atoms with Crippen LogP contribution in [0, 0.1) is 22.7 Å². The molecule has 3 nitrogen and oxygen atoms in total. The first-order valence-corrected chi connectivity index (χ1v) is 7.84. The summed E-state index contributed by atoms with van der Waals surface area (Å²) in [6.07, 6.45) is 6.59. The summed E-state index contributed by atoms with van der Waals surface area (Å²) in [6, 6.07) is 2.35. The third kappa shape index (κ3) is 3.72. The molecule has 0 atom stereocenters. The van der Waals surface area contributed by atoms with Gasteiger partial charge in [-0.1, -0.05) is 40.0 Å². The number of hydrogen-bond donors (Lipinski definition) is 0. The second kappa shape index (κ2) is 7.53. The Morgan fingerprint density at radius 1 is 1.21 bits per heavy atom. The molecule has 0 saturated carbocycles. The molecule has 0 aliphatic carbocycles. The van der Waals surface area contributed by atoms with Crippen LogP contribution >= 0.6 is 0 Å². The highest BCUT2D eigenvalue weighted by molar-refractivity contribution is 5.85. The van der Waals surface area contributed by atoms with Gasteiger partial charge in [0.25, 0.3) is 0 Å². The van der Waals surface area contributed by atoms with Crippen molar-refractivity contribution in [3.05, 3.63) is 0 Å². The van der Waals surface area contributed by atoms with Gasteiger partial charge in [-0.3, -0.25) is 4.79 Å². The molecule has 1 fully saturated rings. The Morgan fingerprint density at radius 3 is 2.11 bits per heavy atom. The van der Waals surface area contributed by atoms with Crippen LogP contribution in [0.4, 0.5) is 0 Å². The topological polar surface area (TPSA) is 44.1 Å². The highest BCUT2D eigenvalue weighted by Crippen LogP contribution is 2.33. The molecular weight excluding hydrogens is 236 g/mol. The summed E-state index contributed by atoms with van der Waals surface area (Å²) in [5.41, 5.74) is -0.761. The zero-order valence-corrected chi connectivity index (χ0v) is 12.7. The van der Waals surface area contributed by atoms with Crippen molar-refractivity contribution in [1.29, 1.82) is 5.26 Å². The summed E-state index contributed by atoms with van der Waals surface area (Å²) in [5, 5.41) is 9.54. The van der Waals surface area contributed by atoms with E-state index in [1.165, 1.54) is 6.42 Å². The summed E-state index contributed by atoms with van der Waals surface area (Å²) in [4.78, 5) is 14.7. The highest BCUT2D eigenvalue weighted by Gasteiger charge is 2.40. The van der Waals surface area contributed by atoms with Gasteiger partial charge in [-0.2, -0.15) is 5.26 Å². The van der Waals surface area contributed by atoms with E-state index in [9.17, 15) is 10.1 Å². The van der Waals surface area contributed by atoms with Crippen molar-refractivity contribution < 1.29 is 4.79 Å². The van der Waals surface area contributed by atoms with Gasteiger partial charge in [-0.05, 0) is 31.6 Å². The predicted octanol–water partition coefficient (Wildman–Crippen LogP) is 3.75. The van der Waals surface area contributed by atoms with Crippen molar-refractivity contribution in [2.75, 3.05) is 13.1 Å². The Balaban J connectivity index is 2.75. The predicted molar refractivity (Wildman–Crippen MR) is 77.5 cm³/mol. The number of nitrogens with zero attached hydrogens (tertiary/aromatic N) is 2. The highest BCUT2D eigenvalue weighted by atomic mass is 16.2. The summed E-state index contributed by atoms with van der Waals surface area (Å²) in [5.74, 6) is 0.853. The summed E-state index contributed by atoms with van der Waals surface area (Å²) in [7, 11) is 0. The lowest BCUT2D eigenvalue weighted by molar-refractivity contribution is -0.141. The monoisotopic (exact) mass is 264 g/mol. The van der Waals surface area contributed by atoms with Crippen LogP contribution in [0.25, 0.3) is 0 Å². The number of amides is 1. The molecule has 1 heterocycles. The smallest absolute Gasteiger partial charge is 0.243 e. The maximum Gasteiger partial charge on any atom is 0.243 e. The number of nitriles is 1. The molecule has 0 spiro atoms. The second-order valence-electron chi connectivity index (χ2n) is 5.84. The molecule has 1 aliphatic rings. The summed E-state index contributed by atoms with van der Waals surface area (Å²) in [6.45, 7) is 8.01. The molecule has 0 aromatic rings. The molecule has 0 N–H and O–H groups in total. The van der Waals surface area contributed by atoms with Crippen LogP contribution in [0.5, 0.6) is 0 Å². The third-order valence-electron chi connectivity index (χ3n) is 4.46. The Bertz CT molecular complexity index is 318. The van der Waals surface area contributed by atoms with E-state index in [4.69, 9.17) is 0 Å².